The van der Waals surface area contributed by atoms with Gasteiger partial charge in [0.25, 0.3) is 0 Å². The van der Waals surface area contributed by atoms with Crippen molar-refractivity contribution in [2.75, 3.05) is 0 Å². The number of nitrogens with one attached hydrogen (secondary N) is 1. The van der Waals surface area contributed by atoms with Gasteiger partial charge in [0.15, 0.2) is 0 Å². The van der Waals surface area contributed by atoms with E-state index in [4.69, 9.17) is 5.26 Å². The predicted octanol–water partition coefficient (Wildman–Crippen LogP) is 1.94. The molecule has 1 aromatic rings. The molecule has 1 heterocycles. The van der Waals surface area contributed by atoms with Gasteiger partial charge in [0.2, 0.25) is 10.0 Å². The fourth-order valence-electron chi connectivity index (χ4n) is 4.25. The molecule has 4 atom stereocenters. The van der Waals surface area contributed by atoms with Crippen molar-refractivity contribution >= 4 is 21.4 Å². The van der Waals surface area contributed by atoms with Crippen LogP contribution in [0.15, 0.2) is 16.3 Å². The maximum absolute atomic E-state index is 12.3. The number of nitrogens with zero attached hydrogens (tertiary/aromatic N) is 1. The third-order valence-electron chi connectivity index (χ3n) is 4.98. The molecule has 0 radical (unpaired) electrons. The molecule has 0 saturated heterocycles. The average molecular weight is 294 g/mol. The SMILES string of the molecule is N#Cc1ccc(S(=O)(=O)NC2C3C4CCC(C4)C23)s1. The van der Waals surface area contributed by atoms with Crippen LogP contribution < -0.4 is 4.72 Å². The Bertz CT molecular complexity index is 657. The third-order valence-corrected chi connectivity index (χ3v) is 7.92. The summed E-state index contributed by atoms with van der Waals surface area (Å²) in [6.45, 7) is 0. The van der Waals surface area contributed by atoms with E-state index in [1.807, 2.05) is 6.07 Å². The molecule has 1 N–H and O–H groups in total. The summed E-state index contributed by atoms with van der Waals surface area (Å²) >= 11 is 1.04. The van der Waals surface area contributed by atoms with Crippen molar-refractivity contribution in [3.63, 3.8) is 0 Å². The van der Waals surface area contributed by atoms with Crippen LogP contribution in [0.25, 0.3) is 0 Å². The summed E-state index contributed by atoms with van der Waals surface area (Å²) in [5.41, 5.74) is 0. The summed E-state index contributed by atoms with van der Waals surface area (Å²) < 4.78 is 27.7. The standard InChI is InChI=1S/C13H14N2O2S2/c14-6-9-3-4-10(18-9)19(16,17)15-13-11-7-1-2-8(5-7)12(11)13/h3-4,7-8,11-13,15H,1-2,5H2. The van der Waals surface area contributed by atoms with E-state index in [2.05, 4.69) is 4.72 Å². The van der Waals surface area contributed by atoms with E-state index < -0.39 is 10.0 Å². The molecular formula is C13H14N2O2S2. The van der Waals surface area contributed by atoms with Crippen molar-refractivity contribution in [2.45, 2.75) is 29.5 Å². The molecule has 6 heteroatoms. The molecule has 3 saturated carbocycles. The van der Waals surface area contributed by atoms with Crippen LogP contribution in [0, 0.1) is 35.0 Å². The van der Waals surface area contributed by atoms with Gasteiger partial charge >= 0.3 is 0 Å². The maximum Gasteiger partial charge on any atom is 0.250 e. The molecule has 2 bridgehead atoms. The molecule has 3 aliphatic rings. The molecule has 3 fully saturated rings. The van der Waals surface area contributed by atoms with Gasteiger partial charge in [-0.15, -0.1) is 11.3 Å². The van der Waals surface area contributed by atoms with Crippen molar-refractivity contribution in [2.24, 2.45) is 23.7 Å². The number of thiophene rings is 1. The molecule has 1 aromatic heterocycles. The first-order chi connectivity index (χ1) is 9.10. The summed E-state index contributed by atoms with van der Waals surface area (Å²) in [6.07, 6.45) is 3.87. The first-order valence-electron chi connectivity index (χ1n) is 6.62. The average Bonchev–Trinajstić information content (AvgIpc) is 2.88. The van der Waals surface area contributed by atoms with E-state index >= 15 is 0 Å². The summed E-state index contributed by atoms with van der Waals surface area (Å²) in [5, 5.41) is 8.77. The van der Waals surface area contributed by atoms with E-state index in [1.165, 1.54) is 25.3 Å². The van der Waals surface area contributed by atoms with Crippen LogP contribution in [-0.4, -0.2) is 14.5 Å². The molecule has 100 valence electrons. The Morgan fingerprint density at radius 1 is 1.26 bits per heavy atom. The molecule has 4 nitrogen and oxygen atoms in total. The molecule has 3 aliphatic carbocycles. The Morgan fingerprint density at radius 2 is 1.95 bits per heavy atom. The summed E-state index contributed by atoms with van der Waals surface area (Å²) in [5.74, 6) is 2.68. The highest BCUT2D eigenvalue weighted by molar-refractivity contribution is 7.91. The fraction of sp³-hybridized carbons (Fsp3) is 0.615. The minimum Gasteiger partial charge on any atom is -0.207 e. The fourth-order valence-corrected chi connectivity index (χ4v) is 6.67. The van der Waals surface area contributed by atoms with Crippen LogP contribution in [0.3, 0.4) is 0 Å². The number of sulfonamides is 1. The molecule has 19 heavy (non-hydrogen) atoms. The van der Waals surface area contributed by atoms with Gasteiger partial charge in [-0.25, -0.2) is 13.1 Å². The van der Waals surface area contributed by atoms with Crippen LogP contribution in [0.1, 0.15) is 24.1 Å². The first-order valence-corrected chi connectivity index (χ1v) is 8.92. The van der Waals surface area contributed by atoms with Gasteiger partial charge < -0.3 is 0 Å². The van der Waals surface area contributed by atoms with E-state index in [1.54, 1.807) is 6.07 Å². The van der Waals surface area contributed by atoms with Crippen molar-refractivity contribution in [1.82, 2.24) is 4.72 Å². The van der Waals surface area contributed by atoms with Gasteiger partial charge in [-0.05, 0) is 55.1 Å². The molecule has 0 aromatic carbocycles. The van der Waals surface area contributed by atoms with Crippen LogP contribution >= 0.6 is 11.3 Å². The quantitative estimate of drug-likeness (QED) is 0.926. The minimum atomic E-state index is -3.43. The topological polar surface area (TPSA) is 70.0 Å². The highest BCUT2D eigenvalue weighted by Crippen LogP contribution is 2.65. The number of hydrogen-bond donors (Lipinski definition) is 1. The van der Waals surface area contributed by atoms with Gasteiger partial charge in [0.05, 0.1) is 0 Å². The predicted molar refractivity (Wildman–Crippen MR) is 71.0 cm³/mol. The molecule has 0 amide bonds. The van der Waals surface area contributed by atoms with Crippen molar-refractivity contribution < 1.29 is 8.42 Å². The van der Waals surface area contributed by atoms with E-state index in [-0.39, 0.29) is 10.3 Å². The van der Waals surface area contributed by atoms with Crippen molar-refractivity contribution in [3.8, 4) is 6.07 Å². The third kappa shape index (κ3) is 1.69. The zero-order valence-electron chi connectivity index (χ0n) is 10.2. The Balaban J connectivity index is 1.53. The lowest BCUT2D eigenvalue weighted by Crippen LogP contribution is -2.29. The molecule has 0 aliphatic heterocycles. The lowest BCUT2D eigenvalue weighted by Gasteiger charge is -2.10. The van der Waals surface area contributed by atoms with E-state index in [9.17, 15) is 8.42 Å². The second-order valence-corrected chi connectivity index (χ2v) is 8.89. The minimum absolute atomic E-state index is 0.156. The zero-order chi connectivity index (χ0) is 13.2. The van der Waals surface area contributed by atoms with Gasteiger partial charge in [-0.2, -0.15) is 5.26 Å². The molecule has 4 rings (SSSR count). The van der Waals surface area contributed by atoms with E-state index in [0.29, 0.717) is 16.7 Å². The van der Waals surface area contributed by atoms with E-state index in [0.717, 1.165) is 23.2 Å². The zero-order valence-corrected chi connectivity index (χ0v) is 11.9. The highest BCUT2D eigenvalue weighted by Gasteiger charge is 2.65. The first kappa shape index (κ1) is 11.9. The van der Waals surface area contributed by atoms with Gasteiger partial charge in [-0.3, -0.25) is 0 Å². The molecule has 0 spiro atoms. The Kier molecular flexibility index (Phi) is 2.39. The normalized spacial score (nSPS) is 39.0. The Hall–Kier alpha value is -0.900. The van der Waals surface area contributed by atoms with Crippen LogP contribution in [-0.2, 0) is 10.0 Å². The molecular weight excluding hydrogens is 280 g/mol. The monoisotopic (exact) mass is 294 g/mol. The largest absolute Gasteiger partial charge is 0.250 e. The van der Waals surface area contributed by atoms with Crippen molar-refractivity contribution in [3.05, 3.63) is 17.0 Å². The van der Waals surface area contributed by atoms with Gasteiger partial charge in [-0.1, -0.05) is 0 Å². The smallest absolute Gasteiger partial charge is 0.207 e. The van der Waals surface area contributed by atoms with Crippen LogP contribution in [0.2, 0.25) is 0 Å². The van der Waals surface area contributed by atoms with Crippen LogP contribution in [0.5, 0.6) is 0 Å². The maximum atomic E-state index is 12.3. The van der Waals surface area contributed by atoms with Crippen LogP contribution in [0.4, 0.5) is 0 Å². The van der Waals surface area contributed by atoms with Gasteiger partial charge in [0.1, 0.15) is 15.2 Å². The summed E-state index contributed by atoms with van der Waals surface area (Å²) in [4.78, 5) is 0.441. The number of fused-ring (bicyclic) bond motifs is 5. The number of nitriles is 1. The summed E-state index contributed by atoms with van der Waals surface area (Å²) in [7, 11) is -3.43. The highest BCUT2D eigenvalue weighted by atomic mass is 32.2. The number of hydrogen-bond acceptors (Lipinski definition) is 4. The number of rotatable bonds is 3. The Morgan fingerprint density at radius 3 is 2.53 bits per heavy atom. The second-order valence-electron chi connectivity index (χ2n) is 5.87. The van der Waals surface area contributed by atoms with Gasteiger partial charge in [0, 0.05) is 6.04 Å². The van der Waals surface area contributed by atoms with Crippen molar-refractivity contribution in [1.29, 1.82) is 5.26 Å². The lowest BCUT2D eigenvalue weighted by atomic mass is 10.0. The summed E-state index contributed by atoms with van der Waals surface area (Å²) in [6, 6.07) is 5.23. The second kappa shape index (κ2) is 3.81. The lowest BCUT2D eigenvalue weighted by molar-refractivity contribution is 0.456. The molecule has 4 unspecified atom stereocenters. The Labute approximate surface area is 116 Å².